The van der Waals surface area contributed by atoms with Gasteiger partial charge in [0, 0.05) is 0 Å². The first-order valence-electron chi connectivity index (χ1n) is 4.06. The highest BCUT2D eigenvalue weighted by atomic mass is 32.2. The molecule has 0 amide bonds. The molecule has 1 heterocycles. The van der Waals surface area contributed by atoms with Gasteiger partial charge in [-0.1, -0.05) is 6.58 Å². The van der Waals surface area contributed by atoms with Crippen molar-refractivity contribution in [1.82, 2.24) is 0 Å². The highest BCUT2D eigenvalue weighted by molar-refractivity contribution is 7.97. The molecule has 1 fully saturated rings. The minimum absolute atomic E-state index is 0.755. The summed E-state index contributed by atoms with van der Waals surface area (Å²) in [5.74, 6) is 4.23. The van der Waals surface area contributed by atoms with E-state index in [2.05, 4.69) is 12.7 Å². The summed E-state index contributed by atoms with van der Waals surface area (Å²) in [7, 11) is -5.25. The van der Waals surface area contributed by atoms with Crippen molar-refractivity contribution in [3.8, 4) is 0 Å². The first-order valence-corrected chi connectivity index (χ1v) is 5.79. The third-order valence-electron chi connectivity index (χ3n) is 1.47. The van der Waals surface area contributed by atoms with Crippen LogP contribution in [0, 0.1) is 0 Å². The highest BCUT2D eigenvalue weighted by Gasteiger charge is 2.21. The summed E-state index contributed by atoms with van der Waals surface area (Å²) in [5, 5.41) is 0. The van der Waals surface area contributed by atoms with Crippen LogP contribution in [0.2, 0.25) is 0 Å². The monoisotopic (exact) mass is 216 g/mol. The van der Waals surface area contributed by atoms with Crippen molar-refractivity contribution in [2.75, 3.05) is 17.3 Å². The maximum Gasteiger partial charge on any atom is 0.673 e. The van der Waals surface area contributed by atoms with Gasteiger partial charge in [-0.2, -0.15) is 0 Å². The molecular formula is C7H13BF4S. The van der Waals surface area contributed by atoms with E-state index in [9.17, 15) is 17.3 Å². The maximum absolute atomic E-state index is 9.75. The van der Waals surface area contributed by atoms with Gasteiger partial charge in [0.1, 0.15) is 17.3 Å². The van der Waals surface area contributed by atoms with Crippen LogP contribution in [-0.4, -0.2) is 24.5 Å². The lowest BCUT2D eigenvalue weighted by Crippen LogP contribution is -2.05. The molecule has 0 saturated carbocycles. The second kappa shape index (κ2) is 6.35. The van der Waals surface area contributed by atoms with Crippen LogP contribution in [-0.2, 0) is 10.9 Å². The van der Waals surface area contributed by atoms with E-state index in [1.807, 2.05) is 0 Å². The minimum Gasteiger partial charge on any atom is -0.418 e. The molecule has 0 N–H and O–H groups in total. The Morgan fingerprint density at radius 3 is 1.85 bits per heavy atom. The van der Waals surface area contributed by atoms with E-state index in [0.29, 0.717) is 0 Å². The molecule has 0 aliphatic carbocycles. The molecule has 1 aliphatic rings. The zero-order valence-corrected chi connectivity index (χ0v) is 8.13. The molecule has 0 aromatic heterocycles. The Labute approximate surface area is 78.8 Å². The standard InChI is InChI=1S/C7H13S.BF4/c1-2-5-8-6-3-4-7-8;2-1(3,4)5/h2H,1,3-7H2;/q+1;-1. The molecule has 0 bridgehead atoms. The second-order valence-corrected chi connectivity index (χ2v) is 5.05. The fraction of sp³-hybridized carbons (Fsp3) is 0.714. The van der Waals surface area contributed by atoms with Gasteiger partial charge in [-0.15, -0.1) is 0 Å². The summed E-state index contributed by atoms with van der Waals surface area (Å²) in [6, 6.07) is 0. The van der Waals surface area contributed by atoms with Crippen LogP contribution in [0.3, 0.4) is 0 Å². The highest BCUT2D eigenvalue weighted by Crippen LogP contribution is 2.12. The van der Waals surface area contributed by atoms with E-state index in [0.717, 1.165) is 10.9 Å². The van der Waals surface area contributed by atoms with Crippen molar-refractivity contribution < 1.29 is 17.3 Å². The summed E-state index contributed by atoms with van der Waals surface area (Å²) in [6.45, 7) is 3.73. The van der Waals surface area contributed by atoms with Crippen LogP contribution in [0.5, 0.6) is 0 Å². The third-order valence-corrected chi connectivity index (χ3v) is 3.91. The summed E-state index contributed by atoms with van der Waals surface area (Å²) in [6.07, 6.45) is 5.00. The lowest BCUT2D eigenvalue weighted by atomic mass is 10.3. The third kappa shape index (κ3) is 11.9. The fourth-order valence-corrected chi connectivity index (χ4v) is 3.14. The van der Waals surface area contributed by atoms with E-state index in [1.54, 1.807) is 0 Å². The Morgan fingerprint density at radius 2 is 1.54 bits per heavy atom. The molecule has 1 rings (SSSR count). The smallest absolute Gasteiger partial charge is 0.418 e. The molecule has 0 unspecified atom stereocenters. The van der Waals surface area contributed by atoms with Gasteiger partial charge in [-0.05, 0) is 29.8 Å². The topological polar surface area (TPSA) is 0 Å². The van der Waals surface area contributed by atoms with Crippen molar-refractivity contribution >= 4 is 18.1 Å². The van der Waals surface area contributed by atoms with E-state index in [1.165, 1.54) is 30.1 Å². The van der Waals surface area contributed by atoms with Crippen molar-refractivity contribution in [1.29, 1.82) is 0 Å². The first-order chi connectivity index (χ1) is 5.93. The van der Waals surface area contributed by atoms with Gasteiger partial charge >= 0.3 is 7.25 Å². The van der Waals surface area contributed by atoms with Gasteiger partial charge in [0.25, 0.3) is 0 Å². The summed E-state index contributed by atoms with van der Waals surface area (Å²) in [5.41, 5.74) is 0. The maximum atomic E-state index is 9.75. The molecule has 0 atom stereocenters. The van der Waals surface area contributed by atoms with Crippen LogP contribution in [0.15, 0.2) is 12.7 Å². The molecule has 78 valence electrons. The molecule has 6 heteroatoms. The van der Waals surface area contributed by atoms with E-state index in [4.69, 9.17) is 0 Å². The lowest BCUT2D eigenvalue weighted by molar-refractivity contribution is 0.368. The van der Waals surface area contributed by atoms with E-state index >= 15 is 0 Å². The molecule has 0 nitrogen and oxygen atoms in total. The lowest BCUT2D eigenvalue weighted by Gasteiger charge is -1.94. The van der Waals surface area contributed by atoms with Crippen LogP contribution in [0.25, 0.3) is 0 Å². The zero-order chi connectivity index (χ0) is 10.3. The number of halogens is 4. The van der Waals surface area contributed by atoms with E-state index < -0.39 is 7.25 Å². The molecule has 13 heavy (non-hydrogen) atoms. The van der Waals surface area contributed by atoms with Gasteiger partial charge in [-0.25, -0.2) is 0 Å². The molecule has 0 spiro atoms. The Hall–Kier alpha value is -0.125. The largest absolute Gasteiger partial charge is 0.673 e. The molecular weight excluding hydrogens is 203 g/mol. The Kier molecular flexibility index (Phi) is 6.29. The van der Waals surface area contributed by atoms with E-state index in [-0.39, 0.29) is 0 Å². The fourth-order valence-electron chi connectivity index (χ4n) is 1.05. The predicted molar refractivity (Wildman–Crippen MR) is 51.6 cm³/mol. The molecule has 1 saturated heterocycles. The van der Waals surface area contributed by atoms with Crippen molar-refractivity contribution in [2.24, 2.45) is 0 Å². The van der Waals surface area contributed by atoms with Crippen LogP contribution < -0.4 is 0 Å². The van der Waals surface area contributed by atoms with Crippen molar-refractivity contribution in [3.63, 3.8) is 0 Å². The summed E-state index contributed by atoms with van der Waals surface area (Å²) >= 11 is 0. The zero-order valence-electron chi connectivity index (χ0n) is 7.32. The molecule has 0 radical (unpaired) electrons. The van der Waals surface area contributed by atoms with Crippen LogP contribution in [0.4, 0.5) is 17.3 Å². The molecule has 1 aliphatic heterocycles. The Morgan fingerprint density at radius 1 is 1.15 bits per heavy atom. The first kappa shape index (κ1) is 12.9. The predicted octanol–water partition coefficient (Wildman–Crippen LogP) is 2.88. The van der Waals surface area contributed by atoms with Gasteiger partial charge in [0.15, 0.2) is 0 Å². The van der Waals surface area contributed by atoms with Crippen LogP contribution in [0.1, 0.15) is 12.8 Å². The summed E-state index contributed by atoms with van der Waals surface area (Å²) < 4.78 is 39.0. The molecule has 0 aromatic rings. The van der Waals surface area contributed by atoms with Gasteiger partial charge in [0.2, 0.25) is 0 Å². The Balaban J connectivity index is 0.000000252. The number of hydrogen-bond donors (Lipinski definition) is 0. The van der Waals surface area contributed by atoms with Crippen molar-refractivity contribution in [3.05, 3.63) is 12.7 Å². The van der Waals surface area contributed by atoms with Crippen molar-refractivity contribution in [2.45, 2.75) is 12.8 Å². The van der Waals surface area contributed by atoms with Crippen LogP contribution >= 0.6 is 0 Å². The van der Waals surface area contributed by atoms with Gasteiger partial charge < -0.3 is 17.3 Å². The average Bonchev–Trinajstić information content (AvgIpc) is 2.36. The normalized spacial score (nSPS) is 17.8. The van der Waals surface area contributed by atoms with Gasteiger partial charge in [-0.3, -0.25) is 0 Å². The number of rotatable bonds is 2. The quantitative estimate of drug-likeness (QED) is 0.288. The van der Waals surface area contributed by atoms with Gasteiger partial charge in [0.05, 0.1) is 0 Å². The molecule has 0 aromatic carbocycles. The minimum atomic E-state index is -6.00. The second-order valence-electron chi connectivity index (χ2n) is 2.68. The SMILES string of the molecule is C=CC[S+]1CCCC1.F[B-](F)(F)F. The number of hydrogen-bond acceptors (Lipinski definition) is 0. The average molecular weight is 216 g/mol. The summed E-state index contributed by atoms with van der Waals surface area (Å²) in [4.78, 5) is 0. The Bertz CT molecular complexity index is 136.